The zero-order valence-corrected chi connectivity index (χ0v) is 16.5. The van der Waals surface area contributed by atoms with E-state index in [1.807, 2.05) is 13.8 Å². The van der Waals surface area contributed by atoms with Gasteiger partial charge in [0.2, 0.25) is 0 Å². The fraction of sp³-hybridized carbons (Fsp3) is 0.889. The SMILES string of the molecule is CCOC(=O)NC(CNC(=NC)N1CCC(OCC)CC1)CC(C)C. The Balaban J connectivity index is 2.50. The van der Waals surface area contributed by atoms with Crippen LogP contribution in [-0.2, 0) is 9.47 Å². The third-order valence-corrected chi connectivity index (χ3v) is 4.22. The van der Waals surface area contributed by atoms with Crippen LogP contribution in [-0.4, -0.2) is 69.0 Å². The van der Waals surface area contributed by atoms with Gasteiger partial charge in [0, 0.05) is 39.3 Å². The summed E-state index contributed by atoms with van der Waals surface area (Å²) >= 11 is 0. The Morgan fingerprint density at radius 3 is 2.44 bits per heavy atom. The molecule has 1 aliphatic heterocycles. The summed E-state index contributed by atoms with van der Waals surface area (Å²) in [5.74, 6) is 1.37. The summed E-state index contributed by atoms with van der Waals surface area (Å²) in [7, 11) is 1.80. The minimum Gasteiger partial charge on any atom is -0.450 e. The molecule has 1 saturated heterocycles. The summed E-state index contributed by atoms with van der Waals surface area (Å²) in [5, 5.41) is 6.34. The number of alkyl carbamates (subject to hydrolysis) is 1. The lowest BCUT2D eigenvalue weighted by atomic mass is 10.0. The van der Waals surface area contributed by atoms with Crippen molar-refractivity contribution >= 4 is 12.1 Å². The van der Waals surface area contributed by atoms with E-state index in [1.54, 1.807) is 7.05 Å². The van der Waals surface area contributed by atoms with Crippen molar-refractivity contribution < 1.29 is 14.3 Å². The number of aliphatic imine (C=N–C) groups is 1. The molecule has 7 nitrogen and oxygen atoms in total. The predicted octanol–water partition coefficient (Wildman–Crippen LogP) is 2.22. The van der Waals surface area contributed by atoms with Gasteiger partial charge in [0.1, 0.15) is 0 Å². The van der Waals surface area contributed by atoms with Crippen LogP contribution < -0.4 is 10.6 Å². The molecule has 25 heavy (non-hydrogen) atoms. The smallest absolute Gasteiger partial charge is 0.407 e. The number of amides is 1. The molecule has 1 unspecified atom stereocenters. The first-order chi connectivity index (χ1) is 12.0. The highest BCUT2D eigenvalue weighted by Gasteiger charge is 2.22. The zero-order valence-electron chi connectivity index (χ0n) is 16.5. The quantitative estimate of drug-likeness (QED) is 0.515. The maximum absolute atomic E-state index is 11.7. The number of hydrogen-bond donors (Lipinski definition) is 2. The van der Waals surface area contributed by atoms with E-state index in [2.05, 4.69) is 34.4 Å². The molecule has 0 radical (unpaired) electrons. The topological polar surface area (TPSA) is 75.2 Å². The molecular formula is C18H36N4O3. The molecule has 2 N–H and O–H groups in total. The molecule has 1 fully saturated rings. The number of ether oxygens (including phenoxy) is 2. The lowest BCUT2D eigenvalue weighted by molar-refractivity contribution is 0.0263. The van der Waals surface area contributed by atoms with Crippen LogP contribution in [0.25, 0.3) is 0 Å². The lowest BCUT2D eigenvalue weighted by Gasteiger charge is -2.34. The van der Waals surface area contributed by atoms with Crippen molar-refractivity contribution in [1.29, 1.82) is 0 Å². The van der Waals surface area contributed by atoms with Crippen molar-refractivity contribution in [2.24, 2.45) is 10.9 Å². The second kappa shape index (κ2) is 12.0. The van der Waals surface area contributed by atoms with E-state index < -0.39 is 0 Å². The zero-order chi connectivity index (χ0) is 18.7. The average Bonchev–Trinajstić information content (AvgIpc) is 2.56. The van der Waals surface area contributed by atoms with E-state index in [4.69, 9.17) is 9.47 Å². The third kappa shape index (κ3) is 8.43. The molecule has 1 heterocycles. The highest BCUT2D eigenvalue weighted by molar-refractivity contribution is 5.80. The molecule has 146 valence electrons. The number of rotatable bonds is 8. The fourth-order valence-corrected chi connectivity index (χ4v) is 3.12. The van der Waals surface area contributed by atoms with Gasteiger partial charge in [-0.15, -0.1) is 0 Å². The summed E-state index contributed by atoms with van der Waals surface area (Å²) < 4.78 is 10.7. The summed E-state index contributed by atoms with van der Waals surface area (Å²) in [4.78, 5) is 18.4. The molecule has 1 rings (SSSR count). The van der Waals surface area contributed by atoms with Gasteiger partial charge < -0.3 is 25.0 Å². The van der Waals surface area contributed by atoms with Gasteiger partial charge in [-0.1, -0.05) is 13.8 Å². The van der Waals surface area contributed by atoms with Crippen molar-refractivity contribution in [3.63, 3.8) is 0 Å². The molecule has 0 bridgehead atoms. The Morgan fingerprint density at radius 2 is 1.92 bits per heavy atom. The Morgan fingerprint density at radius 1 is 1.24 bits per heavy atom. The minimum absolute atomic E-state index is 0.0109. The van der Waals surface area contributed by atoms with Gasteiger partial charge in [-0.25, -0.2) is 4.79 Å². The summed E-state index contributed by atoms with van der Waals surface area (Å²) in [6.07, 6.45) is 2.92. The molecule has 1 amide bonds. The van der Waals surface area contributed by atoms with Gasteiger partial charge in [0.05, 0.1) is 12.7 Å². The standard InChI is InChI=1S/C18H36N4O3/c1-6-24-16-8-10-22(11-9-16)17(19-5)20-13-15(12-14(3)4)21-18(23)25-7-2/h14-16H,6-13H2,1-5H3,(H,19,20)(H,21,23). The first-order valence-corrected chi connectivity index (χ1v) is 9.50. The number of carbonyl (C=O) groups excluding carboxylic acids is 1. The van der Waals surface area contributed by atoms with Gasteiger partial charge in [0.25, 0.3) is 0 Å². The van der Waals surface area contributed by atoms with Gasteiger partial charge in [-0.05, 0) is 39.0 Å². The molecule has 0 aromatic heterocycles. The number of likely N-dealkylation sites (tertiary alicyclic amines) is 1. The largest absolute Gasteiger partial charge is 0.450 e. The second-order valence-corrected chi connectivity index (χ2v) is 6.76. The molecule has 1 aliphatic rings. The maximum Gasteiger partial charge on any atom is 0.407 e. The van der Waals surface area contributed by atoms with Crippen molar-refractivity contribution in [3.05, 3.63) is 0 Å². The summed E-state index contributed by atoms with van der Waals surface area (Å²) in [6.45, 7) is 11.8. The predicted molar refractivity (Wildman–Crippen MR) is 101 cm³/mol. The van der Waals surface area contributed by atoms with Crippen molar-refractivity contribution in [2.75, 3.05) is 39.9 Å². The number of nitrogens with zero attached hydrogens (tertiary/aromatic N) is 2. The van der Waals surface area contributed by atoms with E-state index >= 15 is 0 Å². The van der Waals surface area contributed by atoms with Crippen molar-refractivity contribution in [2.45, 2.75) is 59.1 Å². The van der Waals surface area contributed by atoms with E-state index in [9.17, 15) is 4.79 Å². The maximum atomic E-state index is 11.7. The first-order valence-electron chi connectivity index (χ1n) is 9.50. The van der Waals surface area contributed by atoms with Crippen LogP contribution in [0.1, 0.15) is 47.0 Å². The van der Waals surface area contributed by atoms with Crippen LogP contribution in [0.15, 0.2) is 4.99 Å². The lowest BCUT2D eigenvalue weighted by Crippen LogP contribution is -2.51. The highest BCUT2D eigenvalue weighted by Crippen LogP contribution is 2.13. The van der Waals surface area contributed by atoms with Crippen LogP contribution >= 0.6 is 0 Å². The number of guanidine groups is 1. The molecule has 0 aliphatic carbocycles. The molecule has 0 aromatic carbocycles. The van der Waals surface area contributed by atoms with E-state index in [0.717, 1.165) is 44.9 Å². The monoisotopic (exact) mass is 356 g/mol. The van der Waals surface area contributed by atoms with Crippen molar-refractivity contribution in [1.82, 2.24) is 15.5 Å². The van der Waals surface area contributed by atoms with Crippen molar-refractivity contribution in [3.8, 4) is 0 Å². The molecule has 7 heteroatoms. The molecule has 0 aromatic rings. The molecular weight excluding hydrogens is 320 g/mol. The average molecular weight is 357 g/mol. The van der Waals surface area contributed by atoms with Gasteiger partial charge >= 0.3 is 6.09 Å². The third-order valence-electron chi connectivity index (χ3n) is 4.22. The summed E-state index contributed by atoms with van der Waals surface area (Å²) in [5.41, 5.74) is 0. The molecule has 1 atom stereocenters. The van der Waals surface area contributed by atoms with Crippen LogP contribution in [0.2, 0.25) is 0 Å². The normalized spacial score (nSPS) is 17.5. The van der Waals surface area contributed by atoms with Gasteiger partial charge in [0.15, 0.2) is 5.96 Å². The fourth-order valence-electron chi connectivity index (χ4n) is 3.12. The number of piperidine rings is 1. The Kier molecular flexibility index (Phi) is 10.3. The summed E-state index contributed by atoms with van der Waals surface area (Å²) in [6, 6.07) is 0.0109. The first kappa shape index (κ1) is 21.5. The highest BCUT2D eigenvalue weighted by atomic mass is 16.5. The van der Waals surface area contributed by atoms with E-state index in [1.165, 1.54) is 0 Å². The van der Waals surface area contributed by atoms with Crippen LogP contribution in [0.3, 0.4) is 0 Å². The second-order valence-electron chi connectivity index (χ2n) is 6.76. The van der Waals surface area contributed by atoms with E-state index in [-0.39, 0.29) is 12.1 Å². The number of hydrogen-bond acceptors (Lipinski definition) is 4. The van der Waals surface area contributed by atoms with E-state index in [0.29, 0.717) is 25.2 Å². The molecule has 0 saturated carbocycles. The Bertz CT molecular complexity index is 407. The van der Waals surface area contributed by atoms with Crippen LogP contribution in [0.4, 0.5) is 4.79 Å². The Hall–Kier alpha value is -1.50. The number of nitrogens with one attached hydrogen (secondary N) is 2. The van der Waals surface area contributed by atoms with Gasteiger partial charge in [-0.3, -0.25) is 4.99 Å². The number of carbonyl (C=O) groups is 1. The van der Waals surface area contributed by atoms with Crippen LogP contribution in [0, 0.1) is 5.92 Å². The molecule has 0 spiro atoms. The minimum atomic E-state index is -0.359. The van der Waals surface area contributed by atoms with Gasteiger partial charge in [-0.2, -0.15) is 0 Å². The Labute approximate surface area is 152 Å². The van der Waals surface area contributed by atoms with Crippen LogP contribution in [0.5, 0.6) is 0 Å².